The Morgan fingerprint density at radius 2 is 2.25 bits per heavy atom. The number of nitrogens with one attached hydrogen (secondary N) is 1. The summed E-state index contributed by atoms with van der Waals surface area (Å²) in [5.41, 5.74) is 0. The fourth-order valence-electron chi connectivity index (χ4n) is 1.64. The van der Waals surface area contributed by atoms with Crippen molar-refractivity contribution in [2.75, 3.05) is 0 Å². The summed E-state index contributed by atoms with van der Waals surface area (Å²) in [4.78, 5) is 14.6. The first-order valence-electron chi connectivity index (χ1n) is 5.61. The van der Waals surface area contributed by atoms with E-state index in [1.54, 1.807) is 24.0 Å². The van der Waals surface area contributed by atoms with E-state index in [1.807, 2.05) is 0 Å². The predicted octanol–water partition coefficient (Wildman–Crippen LogP) is 0.498. The molecule has 9 heteroatoms. The van der Waals surface area contributed by atoms with Crippen LogP contribution in [0.2, 0.25) is 0 Å². The lowest BCUT2D eigenvalue weighted by Crippen LogP contribution is -2.24. The Morgan fingerprint density at radius 3 is 2.75 bits per heavy atom. The van der Waals surface area contributed by atoms with Crippen LogP contribution in [0.5, 0.6) is 0 Å². The first-order valence-corrected chi connectivity index (χ1v) is 7.09. The number of carboxylic acids is 1. The third-order valence-corrected chi connectivity index (χ3v) is 4.22. The van der Waals surface area contributed by atoms with Crippen LogP contribution >= 0.6 is 0 Å². The number of aryl methyl sites for hydroxylation is 2. The summed E-state index contributed by atoms with van der Waals surface area (Å²) < 4.78 is 33.1. The van der Waals surface area contributed by atoms with Gasteiger partial charge >= 0.3 is 5.97 Å². The van der Waals surface area contributed by atoms with E-state index in [-0.39, 0.29) is 17.2 Å². The molecule has 2 aromatic heterocycles. The van der Waals surface area contributed by atoms with Gasteiger partial charge < -0.3 is 14.1 Å². The minimum Gasteiger partial charge on any atom is -0.475 e. The number of hydrogen-bond donors (Lipinski definition) is 2. The van der Waals surface area contributed by atoms with Gasteiger partial charge in [0.15, 0.2) is 0 Å². The highest BCUT2D eigenvalue weighted by Crippen LogP contribution is 2.20. The molecule has 0 saturated heterocycles. The lowest BCUT2D eigenvalue weighted by molar-refractivity contribution is 0.0661. The molecular weight excluding hydrogens is 286 g/mol. The van der Waals surface area contributed by atoms with Gasteiger partial charge in [0.05, 0.1) is 6.54 Å². The molecule has 8 nitrogen and oxygen atoms in total. The van der Waals surface area contributed by atoms with Gasteiger partial charge in [-0.15, -0.1) is 0 Å². The van der Waals surface area contributed by atoms with Crippen molar-refractivity contribution >= 4 is 16.0 Å². The Hall–Kier alpha value is -2.13. The number of aromatic carboxylic acids is 1. The second-order valence-electron chi connectivity index (χ2n) is 4.12. The molecule has 0 aliphatic heterocycles. The van der Waals surface area contributed by atoms with Crippen molar-refractivity contribution in [1.29, 1.82) is 0 Å². The molecule has 108 valence electrons. The standard InChI is InChI=1S/C11H13N3O5S/c1-7-9(5-8(19-7)11(15)16)20(17,18)13-6-10-12-3-4-14(10)2/h3-5,13H,6H2,1-2H3,(H,15,16). The summed E-state index contributed by atoms with van der Waals surface area (Å²) in [6.07, 6.45) is 3.24. The molecule has 20 heavy (non-hydrogen) atoms. The molecule has 0 amide bonds. The van der Waals surface area contributed by atoms with Crippen LogP contribution in [0.1, 0.15) is 22.1 Å². The molecule has 2 rings (SSSR count). The molecule has 0 saturated carbocycles. The molecule has 2 N–H and O–H groups in total. The van der Waals surface area contributed by atoms with E-state index in [2.05, 4.69) is 9.71 Å². The van der Waals surface area contributed by atoms with Gasteiger partial charge in [-0.1, -0.05) is 0 Å². The summed E-state index contributed by atoms with van der Waals surface area (Å²) in [5.74, 6) is -1.18. The SMILES string of the molecule is Cc1oc(C(=O)O)cc1S(=O)(=O)NCc1nccn1C. The summed E-state index contributed by atoms with van der Waals surface area (Å²) in [6, 6.07) is 0.985. The Morgan fingerprint density at radius 1 is 1.55 bits per heavy atom. The number of carbonyl (C=O) groups is 1. The van der Waals surface area contributed by atoms with E-state index >= 15 is 0 Å². The van der Waals surface area contributed by atoms with Crippen LogP contribution in [-0.4, -0.2) is 29.0 Å². The van der Waals surface area contributed by atoms with Crippen molar-refractivity contribution in [1.82, 2.24) is 14.3 Å². The summed E-state index contributed by atoms with van der Waals surface area (Å²) in [6.45, 7) is 1.39. The van der Waals surface area contributed by atoms with Crippen molar-refractivity contribution in [3.63, 3.8) is 0 Å². The minimum atomic E-state index is -3.86. The van der Waals surface area contributed by atoms with Crippen LogP contribution in [-0.2, 0) is 23.6 Å². The summed E-state index contributed by atoms with van der Waals surface area (Å²) in [7, 11) is -2.12. The zero-order chi connectivity index (χ0) is 14.9. The number of nitrogens with zero attached hydrogens (tertiary/aromatic N) is 2. The lowest BCUT2D eigenvalue weighted by atomic mass is 10.4. The molecule has 0 aliphatic rings. The highest BCUT2D eigenvalue weighted by molar-refractivity contribution is 7.89. The molecule has 0 aromatic carbocycles. The Labute approximate surface area is 115 Å². The van der Waals surface area contributed by atoms with E-state index < -0.39 is 21.8 Å². The van der Waals surface area contributed by atoms with E-state index in [4.69, 9.17) is 9.52 Å². The summed E-state index contributed by atoms with van der Waals surface area (Å²) >= 11 is 0. The zero-order valence-corrected chi connectivity index (χ0v) is 11.6. The molecule has 2 heterocycles. The quantitative estimate of drug-likeness (QED) is 0.830. The molecule has 0 bridgehead atoms. The molecule has 2 aromatic rings. The molecule has 0 fully saturated rings. The molecule has 0 spiro atoms. The Kier molecular flexibility index (Phi) is 3.64. The third-order valence-electron chi connectivity index (χ3n) is 2.71. The number of rotatable bonds is 5. The number of aromatic nitrogens is 2. The van der Waals surface area contributed by atoms with Crippen molar-refractivity contribution < 1.29 is 22.7 Å². The van der Waals surface area contributed by atoms with E-state index in [0.717, 1.165) is 6.07 Å². The number of furan rings is 1. The molecule has 0 aliphatic carbocycles. The van der Waals surface area contributed by atoms with Crippen LogP contribution in [0.25, 0.3) is 0 Å². The van der Waals surface area contributed by atoms with Gasteiger partial charge in [-0.05, 0) is 6.92 Å². The van der Waals surface area contributed by atoms with Gasteiger partial charge in [-0.2, -0.15) is 0 Å². The number of imidazole rings is 1. The van der Waals surface area contributed by atoms with Crippen molar-refractivity contribution in [3.05, 3.63) is 35.8 Å². The second-order valence-corrected chi connectivity index (χ2v) is 5.85. The maximum atomic E-state index is 12.1. The number of hydrogen-bond acceptors (Lipinski definition) is 5. The normalized spacial score (nSPS) is 11.7. The predicted molar refractivity (Wildman–Crippen MR) is 67.6 cm³/mol. The average molecular weight is 299 g/mol. The molecule has 0 unspecified atom stereocenters. The fourth-order valence-corrected chi connectivity index (χ4v) is 2.80. The average Bonchev–Trinajstić information content (AvgIpc) is 2.93. The number of carboxylic acid groups (broad SMARTS) is 1. The Balaban J connectivity index is 2.22. The third kappa shape index (κ3) is 2.73. The zero-order valence-electron chi connectivity index (χ0n) is 10.8. The first-order chi connectivity index (χ1) is 9.31. The summed E-state index contributed by atoms with van der Waals surface area (Å²) in [5, 5.41) is 8.78. The fraction of sp³-hybridized carbons (Fsp3) is 0.273. The van der Waals surface area contributed by atoms with E-state index in [1.165, 1.54) is 6.92 Å². The van der Waals surface area contributed by atoms with Crippen LogP contribution in [0.3, 0.4) is 0 Å². The van der Waals surface area contributed by atoms with Crippen LogP contribution in [0.4, 0.5) is 0 Å². The van der Waals surface area contributed by atoms with Crippen molar-refractivity contribution in [2.45, 2.75) is 18.4 Å². The maximum Gasteiger partial charge on any atom is 0.371 e. The molecule has 0 atom stereocenters. The van der Waals surface area contributed by atoms with Gasteiger partial charge in [0.25, 0.3) is 0 Å². The first kappa shape index (κ1) is 14.3. The number of sulfonamides is 1. The van der Waals surface area contributed by atoms with Crippen molar-refractivity contribution in [2.24, 2.45) is 7.05 Å². The highest BCUT2D eigenvalue weighted by atomic mass is 32.2. The van der Waals surface area contributed by atoms with E-state index in [0.29, 0.717) is 5.82 Å². The van der Waals surface area contributed by atoms with Gasteiger partial charge in [0, 0.05) is 25.5 Å². The largest absolute Gasteiger partial charge is 0.475 e. The van der Waals surface area contributed by atoms with Gasteiger partial charge in [-0.25, -0.2) is 22.9 Å². The van der Waals surface area contributed by atoms with Gasteiger partial charge in [0.2, 0.25) is 15.8 Å². The topological polar surface area (TPSA) is 114 Å². The van der Waals surface area contributed by atoms with Gasteiger partial charge in [0.1, 0.15) is 16.5 Å². The maximum absolute atomic E-state index is 12.1. The van der Waals surface area contributed by atoms with Crippen LogP contribution in [0, 0.1) is 6.92 Å². The smallest absolute Gasteiger partial charge is 0.371 e. The van der Waals surface area contributed by atoms with Crippen LogP contribution < -0.4 is 4.72 Å². The second kappa shape index (κ2) is 5.10. The van der Waals surface area contributed by atoms with Gasteiger partial charge in [-0.3, -0.25) is 0 Å². The molecule has 0 radical (unpaired) electrons. The van der Waals surface area contributed by atoms with Crippen molar-refractivity contribution in [3.8, 4) is 0 Å². The minimum absolute atomic E-state index is 0.00113. The molecular formula is C11H13N3O5S. The monoisotopic (exact) mass is 299 g/mol. The van der Waals surface area contributed by atoms with E-state index in [9.17, 15) is 13.2 Å². The van der Waals surface area contributed by atoms with Crippen LogP contribution in [0.15, 0.2) is 27.8 Å². The lowest BCUT2D eigenvalue weighted by Gasteiger charge is -2.05. The Bertz CT molecular complexity index is 744. The highest BCUT2D eigenvalue weighted by Gasteiger charge is 2.23.